The number of aliphatic hydroxyl groups excluding tert-OH is 1. The van der Waals surface area contributed by atoms with Gasteiger partial charge in [0.05, 0.1) is 25.9 Å². The molecule has 2 aromatic heterocycles. The van der Waals surface area contributed by atoms with Crippen LogP contribution in [0.5, 0.6) is 0 Å². The van der Waals surface area contributed by atoms with Crippen molar-refractivity contribution in [3.63, 3.8) is 0 Å². The second kappa shape index (κ2) is 4.39. The minimum Gasteiger partial charge on any atom is -0.394 e. The highest BCUT2D eigenvalue weighted by Gasteiger charge is 2.24. The second-order valence-electron chi connectivity index (χ2n) is 4.10. The van der Waals surface area contributed by atoms with Crippen LogP contribution in [0.1, 0.15) is 0 Å². The molecule has 0 bridgehead atoms. The Labute approximate surface area is 102 Å². The van der Waals surface area contributed by atoms with Crippen LogP contribution in [0.2, 0.25) is 0 Å². The van der Waals surface area contributed by atoms with Crippen LogP contribution in [0.3, 0.4) is 0 Å². The Morgan fingerprint density at radius 3 is 3.28 bits per heavy atom. The summed E-state index contributed by atoms with van der Waals surface area (Å²) in [6.07, 6.45) is 0. The molecule has 0 amide bonds. The van der Waals surface area contributed by atoms with E-state index in [0.29, 0.717) is 31.2 Å². The van der Waals surface area contributed by atoms with E-state index in [1.807, 2.05) is 4.90 Å². The van der Waals surface area contributed by atoms with Gasteiger partial charge >= 0.3 is 5.69 Å². The van der Waals surface area contributed by atoms with Crippen molar-refractivity contribution < 1.29 is 9.84 Å². The van der Waals surface area contributed by atoms with Crippen LogP contribution in [-0.2, 0) is 4.74 Å². The number of nitrogens with zero attached hydrogens (tertiary/aromatic N) is 4. The number of aromatic nitrogens is 4. The van der Waals surface area contributed by atoms with Gasteiger partial charge in [-0.3, -0.25) is 0 Å². The molecule has 2 aromatic rings. The molecule has 0 radical (unpaired) electrons. The van der Waals surface area contributed by atoms with E-state index < -0.39 is 0 Å². The monoisotopic (exact) mass is 251 g/mol. The summed E-state index contributed by atoms with van der Waals surface area (Å²) in [6.45, 7) is 1.66. The summed E-state index contributed by atoms with van der Waals surface area (Å²) in [4.78, 5) is 13.4. The highest BCUT2D eigenvalue weighted by atomic mass is 16.5. The van der Waals surface area contributed by atoms with Crippen molar-refractivity contribution in [2.75, 3.05) is 31.3 Å². The second-order valence-corrected chi connectivity index (χ2v) is 4.10. The van der Waals surface area contributed by atoms with Crippen LogP contribution in [0, 0.1) is 0 Å². The van der Waals surface area contributed by atoms with E-state index in [0.717, 1.165) is 0 Å². The summed E-state index contributed by atoms with van der Waals surface area (Å²) in [5.41, 5.74) is 0.0956. The zero-order valence-electron chi connectivity index (χ0n) is 9.61. The van der Waals surface area contributed by atoms with Gasteiger partial charge in [-0.05, 0) is 12.1 Å². The molecule has 8 heteroatoms. The molecule has 1 unspecified atom stereocenters. The Balaban J connectivity index is 2.01. The number of aliphatic hydroxyl groups is 1. The van der Waals surface area contributed by atoms with Gasteiger partial charge in [0.1, 0.15) is 5.82 Å². The third-order valence-electron chi connectivity index (χ3n) is 2.99. The van der Waals surface area contributed by atoms with E-state index in [-0.39, 0.29) is 18.3 Å². The maximum atomic E-state index is 11.5. The lowest BCUT2D eigenvalue weighted by Gasteiger charge is -2.35. The molecule has 0 aromatic carbocycles. The van der Waals surface area contributed by atoms with Crippen LogP contribution < -0.4 is 10.6 Å². The van der Waals surface area contributed by atoms with E-state index in [1.165, 1.54) is 4.52 Å². The first-order valence-electron chi connectivity index (χ1n) is 5.69. The molecular weight excluding hydrogens is 238 g/mol. The largest absolute Gasteiger partial charge is 0.394 e. The number of aromatic amines is 1. The Kier molecular flexibility index (Phi) is 2.73. The summed E-state index contributed by atoms with van der Waals surface area (Å²) in [5, 5.41) is 19.7. The predicted octanol–water partition coefficient (Wildman–Crippen LogP) is -1.38. The molecule has 8 nitrogen and oxygen atoms in total. The van der Waals surface area contributed by atoms with Gasteiger partial charge in [-0.1, -0.05) is 0 Å². The first-order chi connectivity index (χ1) is 8.79. The molecule has 3 heterocycles. The van der Waals surface area contributed by atoms with E-state index >= 15 is 0 Å². The molecule has 1 fully saturated rings. The fourth-order valence-corrected chi connectivity index (χ4v) is 2.05. The van der Waals surface area contributed by atoms with Crippen molar-refractivity contribution in [2.24, 2.45) is 0 Å². The molecule has 1 atom stereocenters. The van der Waals surface area contributed by atoms with E-state index in [1.54, 1.807) is 12.1 Å². The molecule has 1 aliphatic heterocycles. The Morgan fingerprint density at radius 1 is 1.56 bits per heavy atom. The number of hydrogen-bond donors (Lipinski definition) is 2. The van der Waals surface area contributed by atoms with E-state index in [9.17, 15) is 9.90 Å². The quantitative estimate of drug-likeness (QED) is 0.682. The highest BCUT2D eigenvalue weighted by molar-refractivity contribution is 5.46. The first kappa shape index (κ1) is 11.2. The maximum Gasteiger partial charge on any atom is 0.364 e. The number of anilines is 1. The average molecular weight is 251 g/mol. The number of nitrogens with one attached hydrogen (secondary N) is 1. The van der Waals surface area contributed by atoms with Crippen molar-refractivity contribution >= 4 is 11.5 Å². The van der Waals surface area contributed by atoms with Crippen molar-refractivity contribution in [1.82, 2.24) is 19.8 Å². The summed E-state index contributed by atoms with van der Waals surface area (Å²) in [5.74, 6) is 0.633. The molecule has 0 spiro atoms. The first-order valence-corrected chi connectivity index (χ1v) is 5.69. The van der Waals surface area contributed by atoms with Crippen molar-refractivity contribution in [2.45, 2.75) is 6.04 Å². The predicted molar refractivity (Wildman–Crippen MR) is 62.6 cm³/mol. The minimum absolute atomic E-state index is 0.0139. The van der Waals surface area contributed by atoms with Crippen LogP contribution in [0.15, 0.2) is 16.9 Å². The maximum absolute atomic E-state index is 11.5. The third-order valence-corrected chi connectivity index (χ3v) is 2.99. The van der Waals surface area contributed by atoms with Crippen LogP contribution in [0.25, 0.3) is 5.65 Å². The van der Waals surface area contributed by atoms with Crippen molar-refractivity contribution in [1.29, 1.82) is 0 Å². The van der Waals surface area contributed by atoms with Gasteiger partial charge in [0.15, 0.2) is 5.65 Å². The fourth-order valence-electron chi connectivity index (χ4n) is 2.05. The molecule has 0 saturated carbocycles. The molecule has 1 aliphatic rings. The summed E-state index contributed by atoms with van der Waals surface area (Å²) in [7, 11) is 0. The average Bonchev–Trinajstić information content (AvgIpc) is 2.80. The number of H-pyrrole nitrogens is 1. The highest BCUT2D eigenvalue weighted by Crippen LogP contribution is 2.16. The van der Waals surface area contributed by atoms with Crippen LogP contribution in [0.4, 0.5) is 5.82 Å². The fraction of sp³-hybridized carbons (Fsp3) is 0.500. The topological polar surface area (TPSA) is 95.8 Å². The summed E-state index contributed by atoms with van der Waals surface area (Å²) in [6, 6.07) is 3.36. The van der Waals surface area contributed by atoms with Gasteiger partial charge < -0.3 is 14.7 Å². The molecule has 96 valence electrons. The minimum atomic E-state index is -0.374. The normalized spacial score (nSPS) is 20.5. The molecule has 3 rings (SSSR count). The standard InChI is InChI=1S/C10H13N5O3/c16-5-7-6-18-4-3-14(7)9-2-1-8-11-12-10(17)15(8)13-9/h1-2,7,16H,3-6H2,(H,12,17). The van der Waals surface area contributed by atoms with Gasteiger partial charge in [0, 0.05) is 6.54 Å². The Morgan fingerprint density at radius 2 is 2.44 bits per heavy atom. The summed E-state index contributed by atoms with van der Waals surface area (Å²) >= 11 is 0. The SMILES string of the molecule is O=c1[nH]nc2ccc(N3CCOCC3CO)nn12. The van der Waals surface area contributed by atoms with E-state index in [2.05, 4.69) is 15.3 Å². The van der Waals surface area contributed by atoms with Crippen LogP contribution in [-0.4, -0.2) is 57.3 Å². The molecule has 0 aliphatic carbocycles. The number of ether oxygens (including phenoxy) is 1. The smallest absolute Gasteiger partial charge is 0.364 e. The lowest BCUT2D eigenvalue weighted by atomic mass is 10.2. The van der Waals surface area contributed by atoms with Gasteiger partial charge in [0.25, 0.3) is 0 Å². The number of rotatable bonds is 2. The zero-order valence-corrected chi connectivity index (χ0v) is 9.61. The summed E-state index contributed by atoms with van der Waals surface area (Å²) < 4.78 is 6.51. The van der Waals surface area contributed by atoms with Crippen molar-refractivity contribution in [3.8, 4) is 0 Å². The van der Waals surface area contributed by atoms with Gasteiger partial charge in [-0.15, -0.1) is 5.10 Å². The number of hydrogen-bond acceptors (Lipinski definition) is 6. The molecular formula is C10H13N5O3. The molecule has 2 N–H and O–H groups in total. The third kappa shape index (κ3) is 1.75. The lowest BCUT2D eigenvalue weighted by Crippen LogP contribution is -2.48. The zero-order chi connectivity index (χ0) is 12.5. The molecule has 18 heavy (non-hydrogen) atoms. The number of fused-ring (bicyclic) bond motifs is 1. The molecule has 1 saturated heterocycles. The van der Waals surface area contributed by atoms with Gasteiger partial charge in [0.2, 0.25) is 0 Å². The van der Waals surface area contributed by atoms with E-state index in [4.69, 9.17) is 4.74 Å². The Bertz CT molecular complexity index is 607. The lowest BCUT2D eigenvalue weighted by molar-refractivity contribution is 0.0721. The van der Waals surface area contributed by atoms with Gasteiger partial charge in [-0.2, -0.15) is 9.61 Å². The van der Waals surface area contributed by atoms with Crippen molar-refractivity contribution in [3.05, 3.63) is 22.6 Å². The Hall–Kier alpha value is -1.93. The number of morpholine rings is 1. The van der Waals surface area contributed by atoms with Gasteiger partial charge in [-0.25, -0.2) is 9.89 Å². The van der Waals surface area contributed by atoms with Crippen LogP contribution >= 0.6 is 0 Å².